The first-order chi connectivity index (χ1) is 15.8. The zero-order valence-electron chi connectivity index (χ0n) is 20.2. The summed E-state index contributed by atoms with van der Waals surface area (Å²) in [5, 5.41) is 13.5. The van der Waals surface area contributed by atoms with Gasteiger partial charge in [0.15, 0.2) is 0 Å². The van der Waals surface area contributed by atoms with Crippen LogP contribution in [0.1, 0.15) is 51.5 Å². The first-order valence-electron chi connectivity index (χ1n) is 11.7. The van der Waals surface area contributed by atoms with Crippen molar-refractivity contribution in [1.29, 1.82) is 0 Å². The number of nitrogens with zero attached hydrogens (tertiary/aromatic N) is 3. The second-order valence-corrected chi connectivity index (χ2v) is 9.42. The van der Waals surface area contributed by atoms with Gasteiger partial charge in [-0.3, -0.25) is 4.90 Å². The highest BCUT2D eigenvalue weighted by molar-refractivity contribution is 5.66. The van der Waals surface area contributed by atoms with Crippen molar-refractivity contribution in [2.75, 3.05) is 19.6 Å². The summed E-state index contributed by atoms with van der Waals surface area (Å²) in [6, 6.07) is 19.9. The molecule has 0 aliphatic carbocycles. The average molecular weight is 449 g/mol. The average Bonchev–Trinajstić information content (AvgIpc) is 3.19. The van der Waals surface area contributed by atoms with Crippen molar-refractivity contribution in [3.8, 4) is 11.3 Å². The summed E-state index contributed by atoms with van der Waals surface area (Å²) in [7, 11) is 0. The van der Waals surface area contributed by atoms with E-state index >= 15 is 0 Å². The molecule has 0 unspecified atom stereocenters. The van der Waals surface area contributed by atoms with Gasteiger partial charge < -0.3 is 15.0 Å². The van der Waals surface area contributed by atoms with Gasteiger partial charge in [-0.15, -0.1) is 0 Å². The van der Waals surface area contributed by atoms with Crippen LogP contribution < -0.4 is 5.32 Å². The molecule has 2 aromatic carbocycles. The highest BCUT2D eigenvalue weighted by Crippen LogP contribution is 2.39. The van der Waals surface area contributed by atoms with Crippen LogP contribution in [-0.4, -0.2) is 45.3 Å². The number of amides is 1. The van der Waals surface area contributed by atoms with Crippen molar-refractivity contribution in [3.63, 3.8) is 0 Å². The highest BCUT2D eigenvalue weighted by atomic mass is 16.4. The van der Waals surface area contributed by atoms with Gasteiger partial charge in [0.25, 0.3) is 0 Å². The Hall–Kier alpha value is -3.12. The monoisotopic (exact) mass is 448 g/mol. The molecule has 33 heavy (non-hydrogen) atoms. The first kappa shape index (κ1) is 24.5. The lowest BCUT2D eigenvalue weighted by Crippen LogP contribution is -2.43. The smallest absolute Gasteiger partial charge is 0.407 e. The molecule has 1 amide bonds. The minimum absolute atomic E-state index is 0.343. The lowest BCUT2D eigenvalue weighted by atomic mass is 9.84. The van der Waals surface area contributed by atoms with Gasteiger partial charge >= 0.3 is 6.09 Å². The fraction of sp³-hybridized carbons (Fsp3) is 0.407. The zero-order chi connectivity index (χ0) is 23.8. The van der Waals surface area contributed by atoms with Crippen LogP contribution in [0.25, 0.3) is 11.3 Å². The summed E-state index contributed by atoms with van der Waals surface area (Å²) < 4.78 is 2.12. The van der Waals surface area contributed by atoms with E-state index in [9.17, 15) is 9.90 Å². The molecule has 3 aromatic rings. The Kier molecular flexibility index (Phi) is 8.28. The van der Waals surface area contributed by atoms with E-state index in [1.165, 1.54) is 0 Å². The third-order valence-electron chi connectivity index (χ3n) is 5.70. The van der Waals surface area contributed by atoms with Gasteiger partial charge in [-0.25, -0.2) is 9.78 Å². The van der Waals surface area contributed by atoms with Gasteiger partial charge in [-0.05, 0) is 30.5 Å². The normalized spacial score (nSPS) is 12.5. The topological polar surface area (TPSA) is 70.4 Å². The number of hydrogen-bond acceptors (Lipinski definition) is 3. The fourth-order valence-corrected chi connectivity index (χ4v) is 4.18. The summed E-state index contributed by atoms with van der Waals surface area (Å²) in [6.45, 7) is 11.0. The Morgan fingerprint density at radius 2 is 1.73 bits per heavy atom. The summed E-state index contributed by atoms with van der Waals surface area (Å²) in [5.41, 5.74) is 2.68. The minimum Gasteiger partial charge on any atom is -0.465 e. The highest BCUT2D eigenvalue weighted by Gasteiger charge is 2.38. The molecular weight excluding hydrogens is 412 g/mol. The second-order valence-electron chi connectivity index (χ2n) is 9.42. The molecule has 0 bridgehead atoms. The number of carbonyl (C=O) groups is 1. The molecule has 6 heteroatoms. The van der Waals surface area contributed by atoms with Crippen LogP contribution in [0, 0.1) is 5.41 Å². The lowest BCUT2D eigenvalue weighted by molar-refractivity contribution is 0.0751. The first-order valence-corrected chi connectivity index (χ1v) is 11.7. The van der Waals surface area contributed by atoms with E-state index in [-0.39, 0.29) is 5.41 Å². The van der Waals surface area contributed by atoms with Gasteiger partial charge in [0, 0.05) is 24.8 Å². The van der Waals surface area contributed by atoms with Gasteiger partial charge in [-0.1, -0.05) is 88.4 Å². The molecule has 3 rings (SSSR count). The molecule has 0 saturated carbocycles. The number of nitrogens with one attached hydrogen (secondary N) is 1. The zero-order valence-corrected chi connectivity index (χ0v) is 20.2. The SMILES string of the molecule is CCNCCCN(C(=O)O)[C@@H](c1nc(-c2ccccc2)cn1Cc1ccccc1)C(C)(C)C. The van der Waals surface area contributed by atoms with Crippen molar-refractivity contribution in [1.82, 2.24) is 19.8 Å². The van der Waals surface area contributed by atoms with Crippen LogP contribution in [0.4, 0.5) is 4.79 Å². The van der Waals surface area contributed by atoms with E-state index < -0.39 is 12.1 Å². The summed E-state index contributed by atoms with van der Waals surface area (Å²) in [4.78, 5) is 19.0. The van der Waals surface area contributed by atoms with E-state index in [1.54, 1.807) is 4.90 Å². The van der Waals surface area contributed by atoms with Crippen LogP contribution in [0.2, 0.25) is 0 Å². The third kappa shape index (κ3) is 6.45. The van der Waals surface area contributed by atoms with Gasteiger partial charge in [0.2, 0.25) is 0 Å². The van der Waals surface area contributed by atoms with Crippen molar-refractivity contribution in [3.05, 3.63) is 78.2 Å². The molecule has 176 valence electrons. The molecule has 2 N–H and O–H groups in total. The minimum atomic E-state index is -0.915. The van der Waals surface area contributed by atoms with Crippen LogP contribution in [-0.2, 0) is 6.54 Å². The summed E-state index contributed by atoms with van der Waals surface area (Å²) in [5.74, 6) is 0.774. The third-order valence-corrected chi connectivity index (χ3v) is 5.70. The molecule has 0 radical (unpaired) electrons. The van der Waals surface area contributed by atoms with E-state index in [0.717, 1.165) is 42.2 Å². The molecule has 0 spiro atoms. The molecule has 6 nitrogen and oxygen atoms in total. The molecule has 0 saturated heterocycles. The molecule has 1 heterocycles. The molecule has 0 aliphatic heterocycles. The van der Waals surface area contributed by atoms with Crippen molar-refractivity contribution >= 4 is 6.09 Å². The van der Waals surface area contributed by atoms with Crippen LogP contribution >= 0.6 is 0 Å². The van der Waals surface area contributed by atoms with Gasteiger partial charge in [0.05, 0.1) is 11.7 Å². The Balaban J connectivity index is 2.07. The van der Waals surface area contributed by atoms with E-state index in [1.807, 2.05) is 48.5 Å². The largest absolute Gasteiger partial charge is 0.465 e. The van der Waals surface area contributed by atoms with E-state index in [4.69, 9.17) is 4.98 Å². The molecular formula is C27H36N4O2. The maximum Gasteiger partial charge on any atom is 0.407 e. The van der Waals surface area contributed by atoms with E-state index in [0.29, 0.717) is 13.1 Å². The summed E-state index contributed by atoms with van der Waals surface area (Å²) in [6.07, 6.45) is 1.88. The molecule has 0 aliphatic rings. The molecule has 0 fully saturated rings. The van der Waals surface area contributed by atoms with Crippen molar-refractivity contribution in [2.24, 2.45) is 5.41 Å². The number of rotatable bonds is 10. The Bertz CT molecular complexity index is 1010. The number of benzene rings is 2. The molecule has 1 aromatic heterocycles. The lowest BCUT2D eigenvalue weighted by Gasteiger charge is -2.38. The maximum absolute atomic E-state index is 12.4. The summed E-state index contributed by atoms with van der Waals surface area (Å²) >= 11 is 0. The number of imidazole rings is 1. The Labute approximate surface area is 197 Å². The van der Waals surface area contributed by atoms with Crippen LogP contribution in [0.5, 0.6) is 0 Å². The number of hydrogen-bond donors (Lipinski definition) is 2. The van der Waals surface area contributed by atoms with E-state index in [2.05, 4.69) is 55.9 Å². The van der Waals surface area contributed by atoms with Gasteiger partial charge in [0.1, 0.15) is 5.82 Å². The quantitative estimate of drug-likeness (QED) is 0.392. The second kappa shape index (κ2) is 11.1. The molecule has 1 atom stereocenters. The van der Waals surface area contributed by atoms with Crippen molar-refractivity contribution in [2.45, 2.75) is 46.7 Å². The van der Waals surface area contributed by atoms with Gasteiger partial charge in [-0.2, -0.15) is 0 Å². The van der Waals surface area contributed by atoms with Crippen molar-refractivity contribution < 1.29 is 9.90 Å². The standard InChI is InChI=1S/C27H36N4O2/c1-5-28-17-12-18-31(26(32)33)24(27(2,3)4)25-29-23(22-15-10-7-11-16-22)20-30(25)19-21-13-8-6-9-14-21/h6-11,13-16,20,24,28H,5,12,17-19H2,1-4H3,(H,32,33)/t24-/m0/s1. The maximum atomic E-state index is 12.4. The number of carboxylic acid groups (broad SMARTS) is 1. The fourth-order valence-electron chi connectivity index (χ4n) is 4.18. The number of aromatic nitrogens is 2. The predicted octanol–water partition coefficient (Wildman–Crippen LogP) is 5.67. The van der Waals surface area contributed by atoms with Crippen LogP contribution in [0.3, 0.4) is 0 Å². The predicted molar refractivity (Wildman–Crippen MR) is 133 cm³/mol. The Morgan fingerprint density at radius 1 is 1.09 bits per heavy atom. The van der Waals surface area contributed by atoms with Crippen LogP contribution in [0.15, 0.2) is 66.9 Å². The Morgan fingerprint density at radius 3 is 2.30 bits per heavy atom.